The summed E-state index contributed by atoms with van der Waals surface area (Å²) in [5.74, 6) is 0. The zero-order valence-corrected chi connectivity index (χ0v) is 13.8. The summed E-state index contributed by atoms with van der Waals surface area (Å²) < 4.78 is 1.52. The van der Waals surface area contributed by atoms with Gasteiger partial charge in [0.25, 0.3) is 0 Å². The van der Waals surface area contributed by atoms with Crippen LogP contribution in [-0.2, 0) is 37.1 Å². The first-order valence-corrected chi connectivity index (χ1v) is 7.67. The van der Waals surface area contributed by atoms with Gasteiger partial charge in [-0.1, -0.05) is 0 Å². The van der Waals surface area contributed by atoms with Gasteiger partial charge in [-0.15, -0.1) is 0 Å². The Morgan fingerprint density at radius 2 is 1.06 bits per heavy atom. The fourth-order valence-corrected chi connectivity index (χ4v) is 3.02. The molecule has 0 aliphatic rings. The van der Waals surface area contributed by atoms with Crippen molar-refractivity contribution in [2.24, 2.45) is 0 Å². The minimum absolute atomic E-state index is 0.794. The van der Waals surface area contributed by atoms with Crippen LogP contribution in [0.2, 0.25) is 10.0 Å². The molecule has 0 aliphatic carbocycles. The molecule has 2 aromatic rings. The van der Waals surface area contributed by atoms with Crippen LogP contribution >= 0.6 is 23.2 Å². The first-order valence-electron chi connectivity index (χ1n) is 5.68. The fourth-order valence-electron chi connectivity index (χ4n) is 1.76. The summed E-state index contributed by atoms with van der Waals surface area (Å²) in [5.41, 5.74) is 2.64. The SMILES string of the molecule is Clc1ccc(C[C](=[Zr+2])Cc2ccc(Cl)cc2)cc1. The molecule has 0 unspecified atom stereocenters. The van der Waals surface area contributed by atoms with Gasteiger partial charge < -0.3 is 0 Å². The predicted octanol–water partition coefficient (Wildman–Crippen LogP) is 4.50. The summed E-state index contributed by atoms with van der Waals surface area (Å²) >= 11 is 13.2. The quantitative estimate of drug-likeness (QED) is 0.759. The van der Waals surface area contributed by atoms with Crippen LogP contribution in [-0.4, -0.2) is 3.21 Å². The van der Waals surface area contributed by atoms with Gasteiger partial charge in [0, 0.05) is 0 Å². The van der Waals surface area contributed by atoms with E-state index in [0.717, 1.165) is 22.9 Å². The minimum atomic E-state index is 0.794. The molecule has 3 heteroatoms. The van der Waals surface area contributed by atoms with Crippen LogP contribution in [0.25, 0.3) is 0 Å². The van der Waals surface area contributed by atoms with E-state index in [1.807, 2.05) is 24.3 Å². The Labute approximate surface area is 132 Å². The van der Waals surface area contributed by atoms with E-state index in [4.69, 9.17) is 23.2 Å². The van der Waals surface area contributed by atoms with Crippen LogP contribution < -0.4 is 0 Å². The van der Waals surface area contributed by atoms with Gasteiger partial charge in [0.05, 0.1) is 0 Å². The van der Waals surface area contributed by atoms with Crippen LogP contribution in [0.3, 0.4) is 0 Å². The number of benzene rings is 2. The van der Waals surface area contributed by atoms with Gasteiger partial charge in [-0.2, -0.15) is 0 Å². The van der Waals surface area contributed by atoms with E-state index in [1.165, 1.54) is 38.6 Å². The summed E-state index contributed by atoms with van der Waals surface area (Å²) in [6.07, 6.45) is 2.05. The number of hydrogen-bond acceptors (Lipinski definition) is 0. The molecule has 0 spiro atoms. The number of rotatable bonds is 4. The van der Waals surface area contributed by atoms with Crippen molar-refractivity contribution in [3.63, 3.8) is 0 Å². The summed E-state index contributed by atoms with van der Waals surface area (Å²) in [4.78, 5) is 0. The molecule has 0 saturated carbocycles. The molecular formula is C15H12Cl2Zr+2. The Bertz CT molecular complexity index is 480. The Hall–Kier alpha value is -0.227. The second kappa shape index (κ2) is 6.80. The van der Waals surface area contributed by atoms with Crippen molar-refractivity contribution in [1.82, 2.24) is 0 Å². The molecule has 0 nitrogen and oxygen atoms in total. The summed E-state index contributed by atoms with van der Waals surface area (Å²) in [7, 11) is 0. The van der Waals surface area contributed by atoms with Crippen molar-refractivity contribution in [2.45, 2.75) is 12.8 Å². The summed E-state index contributed by atoms with van der Waals surface area (Å²) in [6, 6.07) is 16.2. The third kappa shape index (κ3) is 4.46. The molecule has 0 bridgehead atoms. The molecule has 0 heterocycles. The van der Waals surface area contributed by atoms with E-state index >= 15 is 0 Å². The van der Waals surface area contributed by atoms with E-state index < -0.39 is 0 Å². The standard InChI is InChI=1S/C15H12Cl2.Zr/c16-14-8-4-12(5-9-14)2-1-3-13-6-10-15(17)11-7-13;/h4-11H,2-3H2;/q;+2. The Kier molecular flexibility index (Phi) is 5.36. The average Bonchev–Trinajstić information content (AvgIpc) is 2.35. The third-order valence-electron chi connectivity index (χ3n) is 2.66. The molecule has 2 rings (SSSR count). The summed E-state index contributed by atoms with van der Waals surface area (Å²) in [6.45, 7) is 0. The molecule has 0 saturated heterocycles. The second-order valence-electron chi connectivity index (χ2n) is 4.21. The van der Waals surface area contributed by atoms with Gasteiger partial charge in [-0.05, 0) is 0 Å². The molecule has 0 radical (unpaired) electrons. The van der Waals surface area contributed by atoms with Crippen LogP contribution in [0, 0.1) is 0 Å². The van der Waals surface area contributed by atoms with E-state index in [1.54, 1.807) is 0 Å². The van der Waals surface area contributed by atoms with Crippen LogP contribution in [0.4, 0.5) is 0 Å². The Morgan fingerprint density at radius 1 is 0.722 bits per heavy atom. The zero-order valence-electron chi connectivity index (χ0n) is 9.79. The van der Waals surface area contributed by atoms with Crippen molar-refractivity contribution in [2.75, 3.05) is 0 Å². The van der Waals surface area contributed by atoms with Crippen LogP contribution in [0.5, 0.6) is 0 Å². The molecular weight excluding hydrogens is 342 g/mol. The molecule has 88 valence electrons. The Balaban J connectivity index is 1.96. The maximum absolute atomic E-state index is 5.88. The van der Waals surface area contributed by atoms with Gasteiger partial charge in [0.2, 0.25) is 0 Å². The number of hydrogen-bond donors (Lipinski definition) is 0. The van der Waals surface area contributed by atoms with Crippen molar-refractivity contribution in [1.29, 1.82) is 0 Å². The zero-order chi connectivity index (χ0) is 13.0. The van der Waals surface area contributed by atoms with Crippen molar-refractivity contribution in [3.8, 4) is 0 Å². The summed E-state index contributed by atoms with van der Waals surface area (Å²) in [5, 5.41) is 1.59. The normalized spacial score (nSPS) is 10.4. The molecule has 0 fully saturated rings. The molecule has 18 heavy (non-hydrogen) atoms. The monoisotopic (exact) mass is 352 g/mol. The van der Waals surface area contributed by atoms with Crippen molar-refractivity contribution < 1.29 is 24.2 Å². The van der Waals surface area contributed by atoms with Crippen LogP contribution in [0.1, 0.15) is 11.1 Å². The molecule has 0 amide bonds. The maximum atomic E-state index is 5.88. The van der Waals surface area contributed by atoms with E-state index in [-0.39, 0.29) is 0 Å². The van der Waals surface area contributed by atoms with Gasteiger partial charge in [-0.25, -0.2) is 0 Å². The van der Waals surface area contributed by atoms with Gasteiger partial charge in [0.15, 0.2) is 0 Å². The predicted molar refractivity (Wildman–Crippen MR) is 75.3 cm³/mol. The molecule has 2 aromatic carbocycles. The van der Waals surface area contributed by atoms with Gasteiger partial charge in [0.1, 0.15) is 0 Å². The van der Waals surface area contributed by atoms with Crippen LogP contribution in [0.15, 0.2) is 48.5 Å². The second-order valence-corrected chi connectivity index (χ2v) is 6.82. The van der Waals surface area contributed by atoms with Gasteiger partial charge >= 0.3 is 133 Å². The number of halogens is 2. The molecule has 0 N–H and O–H groups in total. The first kappa shape index (κ1) is 14.2. The van der Waals surface area contributed by atoms with E-state index in [2.05, 4.69) is 24.3 Å². The van der Waals surface area contributed by atoms with E-state index in [9.17, 15) is 0 Å². The third-order valence-corrected chi connectivity index (χ3v) is 4.03. The van der Waals surface area contributed by atoms with Crippen molar-refractivity contribution in [3.05, 3.63) is 69.7 Å². The first-order chi connectivity index (χ1) is 8.63. The molecule has 0 aromatic heterocycles. The Morgan fingerprint density at radius 3 is 1.39 bits per heavy atom. The molecule has 0 aliphatic heterocycles. The fraction of sp³-hybridized carbons (Fsp3) is 0.133. The average molecular weight is 354 g/mol. The van der Waals surface area contributed by atoms with Crippen molar-refractivity contribution >= 4 is 26.4 Å². The van der Waals surface area contributed by atoms with E-state index in [0.29, 0.717) is 0 Å². The van der Waals surface area contributed by atoms with Gasteiger partial charge in [-0.3, -0.25) is 0 Å². The topological polar surface area (TPSA) is 0 Å². The molecule has 0 atom stereocenters.